The Kier molecular flexibility index (Phi) is 7.54. The molecule has 0 spiro atoms. The lowest BCUT2D eigenvalue weighted by molar-refractivity contribution is -0.124. The fourth-order valence-electron chi connectivity index (χ4n) is 4.20. The summed E-state index contributed by atoms with van der Waals surface area (Å²) in [6, 6.07) is 27.0. The van der Waals surface area contributed by atoms with Gasteiger partial charge in [0.2, 0.25) is 10.0 Å². The largest absolute Gasteiger partial charge is 0.290 e. The van der Waals surface area contributed by atoms with Crippen molar-refractivity contribution in [3.63, 3.8) is 0 Å². The number of piperazine rings is 1. The van der Waals surface area contributed by atoms with Crippen molar-refractivity contribution in [3.8, 4) is 0 Å². The molecule has 0 atom stereocenters. The van der Waals surface area contributed by atoms with Crippen LogP contribution in [0.2, 0.25) is 0 Å². The molecule has 1 aliphatic rings. The number of hydroxylamine groups is 1. The maximum absolute atomic E-state index is 13.2. The number of benzene rings is 3. The van der Waals surface area contributed by atoms with Gasteiger partial charge in [0, 0.05) is 32.3 Å². The van der Waals surface area contributed by atoms with E-state index in [4.69, 9.17) is 5.21 Å². The van der Waals surface area contributed by atoms with Crippen molar-refractivity contribution < 1.29 is 18.4 Å². The molecule has 7 nitrogen and oxygen atoms in total. The van der Waals surface area contributed by atoms with Crippen LogP contribution in [0, 0.1) is 0 Å². The Balaban J connectivity index is 1.48. The predicted octanol–water partition coefficient (Wildman–Crippen LogP) is 3.30. The lowest BCUT2D eigenvalue weighted by Gasteiger charge is -2.39. The highest BCUT2D eigenvalue weighted by molar-refractivity contribution is 7.89. The van der Waals surface area contributed by atoms with Crippen LogP contribution in [0.15, 0.2) is 95.9 Å². The van der Waals surface area contributed by atoms with Gasteiger partial charge in [-0.2, -0.15) is 4.31 Å². The number of carbonyl (C=O) groups is 1. The van der Waals surface area contributed by atoms with Crippen LogP contribution < -0.4 is 5.48 Å². The second-order valence-corrected chi connectivity index (χ2v) is 9.98. The third kappa shape index (κ3) is 5.43. The number of nitrogens with one attached hydrogen (secondary N) is 1. The van der Waals surface area contributed by atoms with Crippen molar-refractivity contribution in [3.05, 3.63) is 108 Å². The monoisotopic (exact) mass is 477 g/mol. The summed E-state index contributed by atoms with van der Waals surface area (Å²) >= 11 is 0. The van der Waals surface area contributed by atoms with Crippen LogP contribution in [0.4, 0.5) is 0 Å². The van der Waals surface area contributed by atoms with E-state index in [0.717, 1.165) is 0 Å². The summed E-state index contributed by atoms with van der Waals surface area (Å²) in [4.78, 5) is 13.7. The molecular weight excluding hydrogens is 450 g/mol. The molecule has 4 rings (SSSR count). The lowest BCUT2D eigenvalue weighted by atomic mass is 9.96. The highest BCUT2D eigenvalue weighted by Crippen LogP contribution is 2.30. The van der Waals surface area contributed by atoms with Gasteiger partial charge in [-0.3, -0.25) is 14.9 Å². The summed E-state index contributed by atoms with van der Waals surface area (Å²) in [5.41, 5.74) is 4.54. The fourth-order valence-corrected chi connectivity index (χ4v) is 5.62. The number of carbonyl (C=O) groups excluding carboxylic acids is 1. The van der Waals surface area contributed by atoms with Gasteiger partial charge in [0.15, 0.2) is 0 Å². The van der Waals surface area contributed by atoms with Crippen molar-refractivity contribution in [2.75, 3.05) is 26.2 Å². The van der Waals surface area contributed by atoms with Crippen molar-refractivity contribution >= 4 is 22.0 Å². The SMILES string of the molecule is O=C(C=Cc1ccc(S(=O)(=O)N2CCN(C(c3ccccc3)c3ccccc3)CC2)cc1)NO. The van der Waals surface area contributed by atoms with Gasteiger partial charge >= 0.3 is 0 Å². The van der Waals surface area contributed by atoms with E-state index in [1.807, 2.05) is 36.4 Å². The molecule has 0 bridgehead atoms. The molecule has 1 saturated heterocycles. The average molecular weight is 478 g/mol. The standard InChI is InChI=1S/C26H27N3O4S/c30-25(27-31)16-13-21-11-14-24(15-12-21)34(32,33)29-19-17-28(18-20-29)26(22-7-3-1-4-8-22)23-9-5-2-6-10-23/h1-16,26,31H,17-20H2,(H,27,30). The number of sulfonamides is 1. The second kappa shape index (κ2) is 10.8. The van der Waals surface area contributed by atoms with Crippen LogP contribution in [0.3, 0.4) is 0 Å². The van der Waals surface area contributed by atoms with E-state index >= 15 is 0 Å². The third-order valence-electron chi connectivity index (χ3n) is 5.92. The number of hydrogen-bond donors (Lipinski definition) is 2. The smallest absolute Gasteiger partial charge is 0.267 e. The minimum Gasteiger partial charge on any atom is -0.290 e. The molecule has 2 N–H and O–H groups in total. The first-order valence-corrected chi connectivity index (χ1v) is 12.5. The first-order chi connectivity index (χ1) is 16.5. The summed E-state index contributed by atoms with van der Waals surface area (Å²) in [6.07, 6.45) is 2.66. The number of hydrogen-bond acceptors (Lipinski definition) is 5. The minimum absolute atomic E-state index is 0.0643. The molecular formula is C26H27N3O4S. The molecule has 34 heavy (non-hydrogen) atoms. The molecule has 3 aromatic rings. The molecule has 0 saturated carbocycles. The Morgan fingerprint density at radius 2 is 1.35 bits per heavy atom. The first-order valence-electron chi connectivity index (χ1n) is 11.1. The zero-order chi connectivity index (χ0) is 24.0. The zero-order valence-corrected chi connectivity index (χ0v) is 19.4. The highest BCUT2D eigenvalue weighted by Gasteiger charge is 2.32. The van der Waals surface area contributed by atoms with E-state index in [1.54, 1.807) is 12.1 Å². The van der Waals surface area contributed by atoms with Crippen LogP contribution in [0.5, 0.6) is 0 Å². The third-order valence-corrected chi connectivity index (χ3v) is 7.84. The molecule has 0 aliphatic carbocycles. The zero-order valence-electron chi connectivity index (χ0n) is 18.6. The Morgan fingerprint density at radius 1 is 0.824 bits per heavy atom. The van der Waals surface area contributed by atoms with Gasteiger partial charge in [-0.25, -0.2) is 13.9 Å². The van der Waals surface area contributed by atoms with Crippen LogP contribution in [-0.4, -0.2) is 54.9 Å². The summed E-state index contributed by atoms with van der Waals surface area (Å²) in [5.74, 6) is -0.654. The number of nitrogens with zero attached hydrogens (tertiary/aromatic N) is 2. The molecule has 3 aromatic carbocycles. The van der Waals surface area contributed by atoms with Crippen LogP contribution in [0.25, 0.3) is 6.08 Å². The van der Waals surface area contributed by atoms with Crippen molar-refractivity contribution in [1.82, 2.24) is 14.7 Å². The maximum atomic E-state index is 13.2. The average Bonchev–Trinajstić information content (AvgIpc) is 2.89. The van der Waals surface area contributed by atoms with Gasteiger partial charge in [-0.15, -0.1) is 0 Å². The highest BCUT2D eigenvalue weighted by atomic mass is 32.2. The van der Waals surface area contributed by atoms with Gasteiger partial charge in [0.25, 0.3) is 5.91 Å². The summed E-state index contributed by atoms with van der Waals surface area (Å²) in [5, 5.41) is 8.55. The molecule has 0 radical (unpaired) electrons. The number of rotatable bonds is 7. The van der Waals surface area contributed by atoms with Crippen LogP contribution >= 0.6 is 0 Å². The van der Waals surface area contributed by atoms with Crippen molar-refractivity contribution in [2.45, 2.75) is 10.9 Å². The fraction of sp³-hybridized carbons (Fsp3) is 0.192. The lowest BCUT2D eigenvalue weighted by Crippen LogP contribution is -2.49. The molecule has 1 heterocycles. The van der Waals surface area contributed by atoms with E-state index in [1.165, 1.54) is 45.2 Å². The summed E-state index contributed by atoms with van der Waals surface area (Å²) in [7, 11) is -3.63. The molecule has 176 valence electrons. The first kappa shape index (κ1) is 23.8. The van der Waals surface area contributed by atoms with Gasteiger partial charge < -0.3 is 0 Å². The number of amides is 1. The molecule has 1 fully saturated rings. The van der Waals surface area contributed by atoms with E-state index in [-0.39, 0.29) is 10.9 Å². The Labute approximate surface area is 200 Å². The normalized spacial score (nSPS) is 15.6. The summed E-state index contributed by atoms with van der Waals surface area (Å²) < 4.78 is 28.0. The predicted molar refractivity (Wildman–Crippen MR) is 130 cm³/mol. The van der Waals surface area contributed by atoms with Gasteiger partial charge in [-0.05, 0) is 34.9 Å². The van der Waals surface area contributed by atoms with Crippen molar-refractivity contribution in [1.29, 1.82) is 0 Å². The summed E-state index contributed by atoms with van der Waals surface area (Å²) in [6.45, 7) is 2.03. The van der Waals surface area contributed by atoms with Crippen LogP contribution in [-0.2, 0) is 14.8 Å². The van der Waals surface area contributed by atoms with Gasteiger partial charge in [-0.1, -0.05) is 72.8 Å². The molecule has 8 heteroatoms. The molecule has 1 aliphatic heterocycles. The molecule has 0 unspecified atom stereocenters. The van der Waals surface area contributed by atoms with Gasteiger partial charge in [0.05, 0.1) is 10.9 Å². The quantitative estimate of drug-likeness (QED) is 0.310. The Morgan fingerprint density at radius 3 is 1.85 bits per heavy atom. The van der Waals surface area contributed by atoms with Gasteiger partial charge in [0.1, 0.15) is 0 Å². The minimum atomic E-state index is -3.63. The molecule has 0 aromatic heterocycles. The molecule has 1 amide bonds. The second-order valence-electron chi connectivity index (χ2n) is 8.04. The van der Waals surface area contributed by atoms with E-state index in [2.05, 4.69) is 29.2 Å². The van der Waals surface area contributed by atoms with E-state index in [9.17, 15) is 13.2 Å². The van der Waals surface area contributed by atoms with E-state index in [0.29, 0.717) is 31.7 Å². The van der Waals surface area contributed by atoms with E-state index < -0.39 is 15.9 Å². The Hall–Kier alpha value is -3.30. The van der Waals surface area contributed by atoms with Crippen molar-refractivity contribution in [2.24, 2.45) is 0 Å². The van der Waals surface area contributed by atoms with Crippen LogP contribution in [0.1, 0.15) is 22.7 Å². The maximum Gasteiger partial charge on any atom is 0.267 e. The topological polar surface area (TPSA) is 90.0 Å². The Bertz CT molecular complexity index is 1180.